The maximum atomic E-state index is 15.7. The smallest absolute Gasteiger partial charge is 0.417 e. The summed E-state index contributed by atoms with van der Waals surface area (Å²) >= 11 is 0.940. The molecule has 84 heavy (non-hydrogen) atoms. The lowest BCUT2D eigenvalue weighted by molar-refractivity contribution is -0.137. The van der Waals surface area contributed by atoms with Crippen molar-refractivity contribution >= 4 is 50.5 Å². The summed E-state index contributed by atoms with van der Waals surface area (Å²) in [4.78, 5) is 41.2. The molecule has 11 rings (SSSR count). The minimum absolute atomic E-state index is 0.0142. The highest BCUT2D eigenvalue weighted by Crippen LogP contribution is 2.51. The van der Waals surface area contributed by atoms with Gasteiger partial charge in [0.2, 0.25) is 12.3 Å². The molecule has 23 heteroatoms. The van der Waals surface area contributed by atoms with E-state index in [-0.39, 0.29) is 111 Å². The zero-order valence-corrected chi connectivity index (χ0v) is 47.6. The molecule has 4 aromatic carbocycles. The van der Waals surface area contributed by atoms with Crippen molar-refractivity contribution in [2.45, 2.75) is 102 Å². The van der Waals surface area contributed by atoms with Crippen LogP contribution >= 0.6 is 11.3 Å². The molecule has 3 aliphatic rings. The van der Waals surface area contributed by atoms with Crippen LogP contribution in [0.5, 0.6) is 11.8 Å². The van der Waals surface area contributed by atoms with Crippen molar-refractivity contribution in [2.24, 2.45) is 5.92 Å². The molecule has 438 valence electrons. The maximum absolute atomic E-state index is 15.7. The molecule has 0 radical (unpaired) electrons. The molecule has 8 aromatic rings. The normalized spacial score (nSPS) is 17.9. The van der Waals surface area contributed by atoms with Crippen LogP contribution in [-0.2, 0) is 27.1 Å². The third-order valence-corrected chi connectivity index (χ3v) is 16.6. The summed E-state index contributed by atoms with van der Waals surface area (Å²) in [6, 6.07) is 20.5. The Kier molecular flexibility index (Phi) is 17.8. The van der Waals surface area contributed by atoms with E-state index < -0.39 is 35.2 Å². The molecule has 5 unspecified atom stereocenters. The molecule has 0 saturated carbocycles. The zero-order valence-electron chi connectivity index (χ0n) is 46.7. The summed E-state index contributed by atoms with van der Waals surface area (Å²) < 4.78 is 95.9. The number of hydrogen-bond acceptors (Lipinski definition) is 15. The number of pyridine rings is 1. The fourth-order valence-corrected chi connectivity index (χ4v) is 12.1. The van der Waals surface area contributed by atoms with Crippen molar-refractivity contribution in [3.8, 4) is 51.3 Å². The molecular weight excluding hydrogens is 1110 g/mol. The van der Waals surface area contributed by atoms with Crippen molar-refractivity contribution in [1.82, 2.24) is 45.5 Å². The minimum Gasteiger partial charge on any atom is -0.486 e. The summed E-state index contributed by atoms with van der Waals surface area (Å²) in [6.45, 7) is 9.20. The first-order valence-electron chi connectivity index (χ1n) is 27.7. The average molecular weight is 1170 g/mol. The average Bonchev–Trinajstić information content (AvgIpc) is 4.06. The van der Waals surface area contributed by atoms with Crippen LogP contribution < -0.4 is 25.0 Å². The molecule has 0 spiro atoms. The molecule has 4 aromatic heterocycles. The van der Waals surface area contributed by atoms with Gasteiger partial charge in [-0.2, -0.15) is 28.4 Å². The second-order valence-electron chi connectivity index (χ2n) is 21.6. The summed E-state index contributed by atoms with van der Waals surface area (Å²) in [5.41, 5.74) is 2.40. The van der Waals surface area contributed by atoms with Crippen LogP contribution in [0.25, 0.3) is 54.5 Å². The van der Waals surface area contributed by atoms with Gasteiger partial charge in [-0.3, -0.25) is 14.6 Å². The van der Waals surface area contributed by atoms with Crippen molar-refractivity contribution < 1.29 is 50.9 Å². The van der Waals surface area contributed by atoms with Gasteiger partial charge in [-0.05, 0) is 85.9 Å². The number of hydrogen-bond donors (Lipinski definition) is 3. The Balaban J connectivity index is 0.000000351. The number of halogens is 5. The van der Waals surface area contributed by atoms with Crippen LogP contribution in [0.3, 0.4) is 0 Å². The number of fused-ring (bicyclic) bond motifs is 4. The number of aliphatic hydroxyl groups excluding tert-OH is 1. The molecular formula is C61H62F5N11O6S. The van der Waals surface area contributed by atoms with Crippen molar-refractivity contribution in [1.29, 1.82) is 5.26 Å². The maximum Gasteiger partial charge on any atom is 0.417 e. The topological polar surface area (TPSA) is 206 Å². The highest BCUT2D eigenvalue weighted by atomic mass is 32.1. The minimum atomic E-state index is -4.95. The summed E-state index contributed by atoms with van der Waals surface area (Å²) in [6.07, 6.45) is 3.44. The van der Waals surface area contributed by atoms with Crippen LogP contribution in [0.15, 0.2) is 96.8 Å². The lowest BCUT2D eigenvalue weighted by atomic mass is 9.92. The van der Waals surface area contributed by atoms with Crippen molar-refractivity contribution in [2.75, 3.05) is 44.9 Å². The van der Waals surface area contributed by atoms with Gasteiger partial charge in [0.05, 0.1) is 47.0 Å². The zero-order chi connectivity index (χ0) is 59.4. The van der Waals surface area contributed by atoms with E-state index in [9.17, 15) is 19.2 Å². The first-order chi connectivity index (χ1) is 40.5. The van der Waals surface area contributed by atoms with E-state index in [1.807, 2.05) is 41.8 Å². The Morgan fingerprint density at radius 2 is 1.70 bits per heavy atom. The SMILES string of the molecule is CO[C@@H](C)COc1nc(N2CC3CCC(C2)N3)c2cc(C(F)(F)F)c(-c3ccc(F)c4scc(C#N)c34)c(OCc3ccc(-c4cn(C(C(=O)N5CCCC5C)C(C)C)nn4)cc3)c2n1.O=CNC(CO)c1ccc(-c2ccncc2F)cc1. The third-order valence-electron chi connectivity index (χ3n) is 15.6. The molecule has 17 nitrogen and oxygen atoms in total. The summed E-state index contributed by atoms with van der Waals surface area (Å²) in [5.74, 6) is -1.04. The number of carbonyl (C=O) groups is 2. The molecule has 3 aliphatic heterocycles. The van der Waals surface area contributed by atoms with Crippen LogP contribution in [0, 0.1) is 28.9 Å². The van der Waals surface area contributed by atoms with Gasteiger partial charge in [0.1, 0.15) is 54.0 Å². The Morgan fingerprint density at radius 3 is 2.35 bits per heavy atom. The number of aromatic nitrogens is 6. The number of benzene rings is 4. The first kappa shape index (κ1) is 59.0. The monoisotopic (exact) mass is 1170 g/mol. The third kappa shape index (κ3) is 12.4. The van der Waals surface area contributed by atoms with Crippen molar-refractivity contribution in [3.63, 3.8) is 0 Å². The van der Waals surface area contributed by atoms with E-state index in [4.69, 9.17) is 29.3 Å². The number of carbonyl (C=O) groups excluding carboxylic acids is 2. The molecule has 2 amide bonds. The first-order valence-corrected chi connectivity index (χ1v) is 28.5. The number of nitrogens with one attached hydrogen (secondary N) is 2. The number of methoxy groups -OCH3 is 1. The Hall–Kier alpha value is -8.17. The largest absolute Gasteiger partial charge is 0.486 e. The van der Waals surface area contributed by atoms with Crippen LogP contribution in [0.4, 0.5) is 27.8 Å². The van der Waals surface area contributed by atoms with Gasteiger partial charge in [-0.15, -0.1) is 16.4 Å². The number of amides is 2. The number of nitrogens with zero attached hydrogens (tertiary/aromatic N) is 9. The highest BCUT2D eigenvalue weighted by Gasteiger charge is 2.41. The molecule has 3 fully saturated rings. The number of thiophene rings is 1. The van der Waals surface area contributed by atoms with E-state index in [1.54, 1.807) is 60.3 Å². The Labute approximate surface area is 485 Å². The quantitative estimate of drug-likeness (QED) is 0.0540. The highest BCUT2D eigenvalue weighted by molar-refractivity contribution is 7.17. The predicted octanol–water partition coefficient (Wildman–Crippen LogP) is 10.6. The van der Waals surface area contributed by atoms with Gasteiger partial charge in [0.25, 0.3) is 0 Å². The van der Waals surface area contributed by atoms with Crippen molar-refractivity contribution in [3.05, 3.63) is 131 Å². The molecule has 2 bridgehead atoms. The number of alkyl halides is 3. The second-order valence-corrected chi connectivity index (χ2v) is 22.5. The van der Waals surface area contributed by atoms with E-state index in [1.165, 1.54) is 24.8 Å². The number of aliphatic hydroxyl groups is 1. The standard InChI is InChI=1S/C47H49F4N9O4S.C14H13FN2O2/c1-25(2)41(45(61)59-16-6-7-26(59)3)60-21-37(56-57-60)29-10-8-28(9-11-29)23-63-42-39(33-14-15-36(48)43-38(33)30(18-52)24-65-43)35(47(49,50)51)17-34-40(42)54-46(64-22-27(4)62-5)55-44(34)58-19-31-12-13-32(20-58)53-31;15-13-7-16-6-5-12(13)10-1-3-11(4-2-10)14(8-18)17-9-19/h8-11,14-15,17,21,24-27,31-32,41,53H,6-7,12-13,16,19-20,22-23H2,1-5H3;1-7,9,14,18H,8H2,(H,17,19)/t26?,27-,31?,32?,41?;/m0./s1. The lowest BCUT2D eigenvalue weighted by Crippen LogP contribution is -2.51. The number of piperazine rings is 1. The fraction of sp³-hybridized carbons (Fsp3) is 0.377. The number of anilines is 1. The van der Waals surface area contributed by atoms with Crippen LogP contribution in [0.1, 0.15) is 87.7 Å². The van der Waals surface area contributed by atoms with Crippen LogP contribution in [0.2, 0.25) is 0 Å². The molecule has 6 atom stereocenters. The van der Waals surface area contributed by atoms with Gasteiger partial charge < -0.3 is 39.8 Å². The van der Waals surface area contributed by atoms with Gasteiger partial charge in [-0.1, -0.05) is 73.7 Å². The van der Waals surface area contributed by atoms with Gasteiger partial charge >= 0.3 is 12.2 Å². The number of likely N-dealkylation sites (tertiary alicyclic amines) is 1. The molecule has 7 heterocycles. The number of rotatable bonds is 18. The van der Waals surface area contributed by atoms with E-state index >= 15 is 17.6 Å². The summed E-state index contributed by atoms with van der Waals surface area (Å²) in [7, 11) is 1.54. The Morgan fingerprint density at radius 1 is 0.964 bits per heavy atom. The van der Waals surface area contributed by atoms with E-state index in [0.29, 0.717) is 54.0 Å². The molecule has 3 saturated heterocycles. The predicted molar refractivity (Wildman–Crippen MR) is 307 cm³/mol. The van der Waals surface area contributed by atoms with Gasteiger partial charge in [-0.25, -0.2) is 13.5 Å². The lowest BCUT2D eigenvalue weighted by Gasteiger charge is -2.34. The Bertz CT molecular complexity index is 3700. The van der Waals surface area contributed by atoms with Gasteiger partial charge in [0, 0.05) is 83.9 Å². The molecule has 0 aliphatic carbocycles. The summed E-state index contributed by atoms with van der Waals surface area (Å²) in [5, 5.41) is 35.7. The fourth-order valence-electron chi connectivity index (χ4n) is 11.2. The van der Waals surface area contributed by atoms with E-state index in [2.05, 4.69) is 32.9 Å². The molecule has 3 N–H and O–H groups in total. The second kappa shape index (κ2) is 25.4. The van der Waals surface area contributed by atoms with Gasteiger partial charge in [0.15, 0.2) is 5.75 Å². The number of nitriles is 1. The van der Waals surface area contributed by atoms with Crippen LogP contribution in [-0.4, -0.2) is 116 Å². The van der Waals surface area contributed by atoms with E-state index in [0.717, 1.165) is 60.9 Å². The number of ether oxygens (including phenoxy) is 3.